The molecule has 0 unspecified atom stereocenters. The van der Waals surface area contributed by atoms with E-state index in [0.29, 0.717) is 17.7 Å². The van der Waals surface area contributed by atoms with Crippen LogP contribution in [0.5, 0.6) is 0 Å². The van der Waals surface area contributed by atoms with Crippen LogP contribution in [0.25, 0.3) is 0 Å². The van der Waals surface area contributed by atoms with Crippen LogP contribution < -0.4 is 10.6 Å². The second kappa shape index (κ2) is 9.19. The van der Waals surface area contributed by atoms with Crippen LogP contribution in [-0.2, 0) is 9.59 Å². The van der Waals surface area contributed by atoms with Crippen molar-refractivity contribution in [1.82, 2.24) is 5.32 Å². The standard InChI is InChI=1S/C20H21ClN2O4/c1-12(2)10-17(24)22-14-8-9-16(21)15(11-14)19(25)23-18(20(26)27)13-6-4-3-5-7-13/h3-9,11-12,18H,10H2,1-2H3,(H,22,24)(H,23,25)(H,26,27)/t18-/m0/s1. The Kier molecular flexibility index (Phi) is 6.96. The van der Waals surface area contributed by atoms with Crippen LogP contribution in [0.2, 0.25) is 5.02 Å². The van der Waals surface area contributed by atoms with Crippen molar-refractivity contribution in [3.63, 3.8) is 0 Å². The molecule has 0 aliphatic carbocycles. The van der Waals surface area contributed by atoms with Crippen molar-refractivity contribution >= 4 is 35.1 Å². The Morgan fingerprint density at radius 3 is 2.33 bits per heavy atom. The fourth-order valence-electron chi connectivity index (χ4n) is 2.50. The molecule has 27 heavy (non-hydrogen) atoms. The molecular weight excluding hydrogens is 368 g/mol. The Balaban J connectivity index is 2.20. The number of rotatable bonds is 7. The van der Waals surface area contributed by atoms with Gasteiger partial charge in [-0.15, -0.1) is 0 Å². The minimum absolute atomic E-state index is 0.0844. The van der Waals surface area contributed by atoms with Crippen molar-refractivity contribution < 1.29 is 19.5 Å². The van der Waals surface area contributed by atoms with Crippen molar-refractivity contribution in [2.45, 2.75) is 26.3 Å². The number of carboxylic acid groups (broad SMARTS) is 1. The molecule has 0 fully saturated rings. The van der Waals surface area contributed by atoms with Crippen molar-refractivity contribution in [1.29, 1.82) is 0 Å². The first kappa shape index (κ1) is 20.5. The number of hydrogen-bond donors (Lipinski definition) is 3. The maximum Gasteiger partial charge on any atom is 0.330 e. The van der Waals surface area contributed by atoms with E-state index < -0.39 is 17.9 Å². The molecule has 142 valence electrons. The third kappa shape index (κ3) is 5.82. The van der Waals surface area contributed by atoms with Crippen LogP contribution in [-0.4, -0.2) is 22.9 Å². The Labute approximate surface area is 162 Å². The Morgan fingerprint density at radius 1 is 1.07 bits per heavy atom. The van der Waals surface area contributed by atoms with E-state index in [0.717, 1.165) is 0 Å². The highest BCUT2D eigenvalue weighted by Crippen LogP contribution is 2.22. The molecule has 0 heterocycles. The number of carboxylic acids is 1. The molecule has 6 nitrogen and oxygen atoms in total. The largest absolute Gasteiger partial charge is 0.479 e. The predicted octanol–water partition coefficient (Wildman–Crippen LogP) is 3.88. The van der Waals surface area contributed by atoms with Gasteiger partial charge in [0.2, 0.25) is 5.91 Å². The summed E-state index contributed by atoms with van der Waals surface area (Å²) < 4.78 is 0. The van der Waals surface area contributed by atoms with Crippen LogP contribution in [0.4, 0.5) is 5.69 Å². The van der Waals surface area contributed by atoms with Gasteiger partial charge >= 0.3 is 5.97 Å². The van der Waals surface area contributed by atoms with E-state index in [-0.39, 0.29) is 22.4 Å². The van der Waals surface area contributed by atoms with Crippen molar-refractivity contribution in [3.05, 3.63) is 64.7 Å². The van der Waals surface area contributed by atoms with Gasteiger partial charge in [0, 0.05) is 12.1 Å². The van der Waals surface area contributed by atoms with Gasteiger partial charge in [-0.25, -0.2) is 4.79 Å². The van der Waals surface area contributed by atoms with Crippen LogP contribution in [0.3, 0.4) is 0 Å². The number of benzene rings is 2. The van der Waals surface area contributed by atoms with Crippen LogP contribution in [0, 0.1) is 5.92 Å². The van der Waals surface area contributed by atoms with Gasteiger partial charge in [-0.2, -0.15) is 0 Å². The van der Waals surface area contributed by atoms with Gasteiger partial charge in [0.05, 0.1) is 10.6 Å². The van der Waals surface area contributed by atoms with Gasteiger partial charge in [0.15, 0.2) is 6.04 Å². The molecule has 2 aromatic rings. The van der Waals surface area contributed by atoms with Crippen LogP contribution in [0.15, 0.2) is 48.5 Å². The highest BCUT2D eigenvalue weighted by Gasteiger charge is 2.23. The number of amides is 2. The van der Waals surface area contributed by atoms with E-state index in [4.69, 9.17) is 11.6 Å². The quantitative estimate of drug-likeness (QED) is 0.670. The number of anilines is 1. The molecule has 3 N–H and O–H groups in total. The Hall–Kier alpha value is -2.86. The fraction of sp³-hybridized carbons (Fsp3) is 0.250. The van der Waals surface area contributed by atoms with Crippen LogP contribution in [0.1, 0.15) is 42.2 Å². The van der Waals surface area contributed by atoms with Gasteiger partial charge in [-0.3, -0.25) is 9.59 Å². The van der Waals surface area contributed by atoms with E-state index in [2.05, 4.69) is 10.6 Å². The van der Waals surface area contributed by atoms with E-state index in [9.17, 15) is 19.5 Å². The summed E-state index contributed by atoms with van der Waals surface area (Å²) in [6.45, 7) is 3.85. The third-order valence-corrected chi connectivity index (χ3v) is 4.07. The molecule has 0 radical (unpaired) electrons. The molecule has 2 amide bonds. The Morgan fingerprint density at radius 2 is 1.74 bits per heavy atom. The fourth-order valence-corrected chi connectivity index (χ4v) is 2.71. The minimum Gasteiger partial charge on any atom is -0.479 e. The lowest BCUT2D eigenvalue weighted by molar-refractivity contribution is -0.139. The van der Waals surface area contributed by atoms with Gasteiger partial charge < -0.3 is 15.7 Å². The van der Waals surface area contributed by atoms with Crippen LogP contribution >= 0.6 is 11.6 Å². The van der Waals surface area contributed by atoms with Crippen molar-refractivity contribution in [3.8, 4) is 0 Å². The third-order valence-electron chi connectivity index (χ3n) is 3.74. The number of aliphatic carboxylic acids is 1. The number of hydrogen-bond acceptors (Lipinski definition) is 3. The van der Waals surface area contributed by atoms with Crippen molar-refractivity contribution in [2.24, 2.45) is 5.92 Å². The van der Waals surface area contributed by atoms with Gasteiger partial charge in [-0.1, -0.05) is 55.8 Å². The lowest BCUT2D eigenvalue weighted by atomic mass is 10.1. The topological polar surface area (TPSA) is 95.5 Å². The molecule has 0 aliphatic rings. The molecule has 1 atom stereocenters. The van der Waals surface area contributed by atoms with Gasteiger partial charge in [-0.05, 0) is 29.7 Å². The van der Waals surface area contributed by atoms with E-state index in [1.807, 2.05) is 13.8 Å². The highest BCUT2D eigenvalue weighted by atomic mass is 35.5. The molecule has 0 aliphatic heterocycles. The Bertz CT molecular complexity index is 837. The van der Waals surface area contributed by atoms with Gasteiger partial charge in [0.1, 0.15) is 0 Å². The molecule has 0 saturated carbocycles. The van der Waals surface area contributed by atoms with E-state index >= 15 is 0 Å². The summed E-state index contributed by atoms with van der Waals surface area (Å²) in [5.41, 5.74) is 0.943. The summed E-state index contributed by atoms with van der Waals surface area (Å²) in [5.74, 6) is -1.81. The summed E-state index contributed by atoms with van der Waals surface area (Å²) in [5, 5.41) is 14.8. The molecule has 0 spiro atoms. The lowest BCUT2D eigenvalue weighted by Gasteiger charge is -2.16. The first-order chi connectivity index (χ1) is 12.8. The predicted molar refractivity (Wildman–Crippen MR) is 104 cm³/mol. The summed E-state index contributed by atoms with van der Waals surface area (Å²) in [7, 11) is 0. The average molecular weight is 389 g/mol. The zero-order valence-electron chi connectivity index (χ0n) is 15.0. The van der Waals surface area contributed by atoms with E-state index in [1.54, 1.807) is 36.4 Å². The zero-order valence-corrected chi connectivity index (χ0v) is 15.8. The molecule has 0 aromatic heterocycles. The number of carbonyl (C=O) groups excluding carboxylic acids is 2. The minimum atomic E-state index is -1.21. The average Bonchev–Trinajstić information content (AvgIpc) is 2.60. The van der Waals surface area contributed by atoms with E-state index in [1.165, 1.54) is 12.1 Å². The molecule has 0 bridgehead atoms. The summed E-state index contributed by atoms with van der Waals surface area (Å²) in [4.78, 5) is 36.1. The number of carbonyl (C=O) groups is 3. The SMILES string of the molecule is CC(C)CC(=O)Nc1ccc(Cl)c(C(=O)N[C@H](C(=O)O)c2ccccc2)c1. The van der Waals surface area contributed by atoms with Crippen molar-refractivity contribution in [2.75, 3.05) is 5.32 Å². The summed E-state index contributed by atoms with van der Waals surface area (Å²) >= 11 is 6.10. The maximum absolute atomic E-state index is 12.6. The molecule has 2 rings (SSSR count). The van der Waals surface area contributed by atoms with Gasteiger partial charge in [0.25, 0.3) is 5.91 Å². The highest BCUT2D eigenvalue weighted by molar-refractivity contribution is 6.34. The molecule has 2 aromatic carbocycles. The summed E-state index contributed by atoms with van der Waals surface area (Å²) in [6.07, 6.45) is 0.346. The first-order valence-electron chi connectivity index (χ1n) is 8.46. The smallest absolute Gasteiger partial charge is 0.330 e. The summed E-state index contributed by atoms with van der Waals surface area (Å²) in [6, 6.07) is 11.7. The maximum atomic E-state index is 12.6. The molecular formula is C20H21ClN2O4. The number of nitrogens with one attached hydrogen (secondary N) is 2. The second-order valence-corrected chi connectivity index (χ2v) is 6.90. The molecule has 7 heteroatoms. The normalized spacial score (nSPS) is 11.7. The lowest BCUT2D eigenvalue weighted by Crippen LogP contribution is -2.34. The zero-order chi connectivity index (χ0) is 20.0. The first-order valence-corrected chi connectivity index (χ1v) is 8.83. The number of halogens is 1. The monoisotopic (exact) mass is 388 g/mol. The molecule has 0 saturated heterocycles. The second-order valence-electron chi connectivity index (χ2n) is 6.50.